The van der Waals surface area contributed by atoms with Gasteiger partial charge in [-0.3, -0.25) is 4.79 Å². The standard InChI is InChI=1S/C11H24N2O2/c1-8(14)6-5-7-13-10(15)9(12)11(2,3)4/h8-9,14H,5-7,12H2,1-4H3,(H,13,15)/t8?,9-/m0/s1. The lowest BCUT2D eigenvalue weighted by molar-refractivity contribution is -0.124. The number of carbonyl (C=O) groups excluding carboxylic acids is 1. The molecule has 90 valence electrons. The quantitative estimate of drug-likeness (QED) is 0.590. The van der Waals surface area contributed by atoms with Crippen molar-refractivity contribution in [2.24, 2.45) is 11.1 Å². The molecule has 4 nitrogen and oxygen atoms in total. The van der Waals surface area contributed by atoms with Crippen LogP contribution in [0, 0.1) is 5.41 Å². The maximum atomic E-state index is 11.5. The van der Waals surface area contributed by atoms with E-state index in [1.165, 1.54) is 0 Å². The third kappa shape index (κ3) is 6.47. The molecule has 0 aliphatic rings. The van der Waals surface area contributed by atoms with Gasteiger partial charge < -0.3 is 16.2 Å². The van der Waals surface area contributed by atoms with Crippen LogP contribution in [0.1, 0.15) is 40.5 Å². The Bertz CT molecular complexity index is 197. The first kappa shape index (κ1) is 14.4. The summed E-state index contributed by atoms with van der Waals surface area (Å²) in [6, 6.07) is -0.482. The van der Waals surface area contributed by atoms with Crippen LogP contribution in [0.2, 0.25) is 0 Å². The van der Waals surface area contributed by atoms with Crippen molar-refractivity contribution >= 4 is 5.91 Å². The molecule has 0 aliphatic heterocycles. The molecule has 0 saturated carbocycles. The highest BCUT2D eigenvalue weighted by atomic mass is 16.3. The number of hydrogen-bond donors (Lipinski definition) is 3. The maximum Gasteiger partial charge on any atom is 0.237 e. The summed E-state index contributed by atoms with van der Waals surface area (Å²) in [6.45, 7) is 8.13. The molecule has 0 heterocycles. The number of aliphatic hydroxyl groups excluding tert-OH is 1. The number of amides is 1. The first-order chi connectivity index (χ1) is 6.75. The van der Waals surface area contributed by atoms with Crippen LogP contribution in [0.25, 0.3) is 0 Å². The van der Waals surface area contributed by atoms with E-state index >= 15 is 0 Å². The predicted molar refractivity (Wildman–Crippen MR) is 61.4 cm³/mol. The van der Waals surface area contributed by atoms with Crippen molar-refractivity contribution in [3.05, 3.63) is 0 Å². The Labute approximate surface area is 92.2 Å². The van der Waals surface area contributed by atoms with Crippen LogP contribution >= 0.6 is 0 Å². The Kier molecular flexibility index (Phi) is 5.83. The fourth-order valence-corrected chi connectivity index (χ4v) is 1.11. The van der Waals surface area contributed by atoms with Gasteiger partial charge in [-0.2, -0.15) is 0 Å². The molecule has 4 heteroatoms. The summed E-state index contributed by atoms with van der Waals surface area (Å²) in [6.07, 6.45) is 1.17. The first-order valence-electron chi connectivity index (χ1n) is 5.46. The molecular formula is C11H24N2O2. The second-order valence-corrected chi connectivity index (χ2v) is 5.13. The lowest BCUT2D eigenvalue weighted by Gasteiger charge is -2.25. The Morgan fingerprint density at radius 2 is 2.00 bits per heavy atom. The van der Waals surface area contributed by atoms with E-state index in [4.69, 9.17) is 10.8 Å². The van der Waals surface area contributed by atoms with Gasteiger partial charge in [0.05, 0.1) is 12.1 Å². The summed E-state index contributed by atoms with van der Waals surface area (Å²) >= 11 is 0. The second-order valence-electron chi connectivity index (χ2n) is 5.13. The van der Waals surface area contributed by atoms with E-state index in [1.54, 1.807) is 6.92 Å². The van der Waals surface area contributed by atoms with E-state index in [0.29, 0.717) is 13.0 Å². The molecule has 1 amide bonds. The van der Waals surface area contributed by atoms with Gasteiger partial charge in [0.15, 0.2) is 0 Å². The second kappa shape index (κ2) is 6.08. The molecule has 0 aromatic rings. The molecule has 0 aromatic heterocycles. The summed E-state index contributed by atoms with van der Waals surface area (Å²) in [4.78, 5) is 11.5. The molecule has 0 bridgehead atoms. The van der Waals surface area contributed by atoms with Gasteiger partial charge in [0.1, 0.15) is 0 Å². The Balaban J connectivity index is 3.75. The molecule has 0 aromatic carbocycles. The third-order valence-corrected chi connectivity index (χ3v) is 2.31. The SMILES string of the molecule is CC(O)CCCNC(=O)[C@H](N)C(C)(C)C. The fourth-order valence-electron chi connectivity index (χ4n) is 1.11. The van der Waals surface area contributed by atoms with Gasteiger partial charge in [0.25, 0.3) is 0 Å². The number of carbonyl (C=O) groups is 1. The molecule has 0 spiro atoms. The molecule has 2 atom stereocenters. The van der Waals surface area contributed by atoms with Gasteiger partial charge in [-0.15, -0.1) is 0 Å². The summed E-state index contributed by atoms with van der Waals surface area (Å²) in [5.41, 5.74) is 5.56. The number of hydrogen-bond acceptors (Lipinski definition) is 3. The van der Waals surface area contributed by atoms with Gasteiger partial charge in [-0.1, -0.05) is 20.8 Å². The summed E-state index contributed by atoms with van der Waals surface area (Å²) in [7, 11) is 0. The normalized spacial score (nSPS) is 15.9. The van der Waals surface area contributed by atoms with E-state index < -0.39 is 6.04 Å². The number of nitrogens with two attached hydrogens (primary N) is 1. The summed E-state index contributed by atoms with van der Waals surface area (Å²) in [5, 5.41) is 11.8. The van der Waals surface area contributed by atoms with E-state index in [-0.39, 0.29) is 17.4 Å². The Morgan fingerprint density at radius 1 is 1.47 bits per heavy atom. The van der Waals surface area contributed by atoms with Gasteiger partial charge >= 0.3 is 0 Å². The van der Waals surface area contributed by atoms with Crippen molar-refractivity contribution in [2.45, 2.75) is 52.7 Å². The molecule has 0 aliphatic carbocycles. The summed E-state index contributed by atoms with van der Waals surface area (Å²) in [5.74, 6) is -0.118. The monoisotopic (exact) mass is 216 g/mol. The fraction of sp³-hybridized carbons (Fsp3) is 0.909. The summed E-state index contributed by atoms with van der Waals surface area (Å²) < 4.78 is 0. The average molecular weight is 216 g/mol. The highest BCUT2D eigenvalue weighted by molar-refractivity contribution is 5.82. The molecule has 0 rings (SSSR count). The zero-order valence-electron chi connectivity index (χ0n) is 10.2. The van der Waals surface area contributed by atoms with E-state index in [0.717, 1.165) is 6.42 Å². The third-order valence-electron chi connectivity index (χ3n) is 2.31. The van der Waals surface area contributed by atoms with Crippen molar-refractivity contribution in [1.82, 2.24) is 5.32 Å². The molecule has 0 radical (unpaired) electrons. The molecule has 0 saturated heterocycles. The molecule has 15 heavy (non-hydrogen) atoms. The van der Waals surface area contributed by atoms with E-state index in [2.05, 4.69) is 5.32 Å². The lowest BCUT2D eigenvalue weighted by Crippen LogP contribution is -2.48. The van der Waals surface area contributed by atoms with Crippen molar-refractivity contribution in [3.8, 4) is 0 Å². The van der Waals surface area contributed by atoms with Gasteiger partial charge in [-0.25, -0.2) is 0 Å². The van der Waals surface area contributed by atoms with Crippen LogP contribution in [0.3, 0.4) is 0 Å². The molecular weight excluding hydrogens is 192 g/mol. The van der Waals surface area contributed by atoms with Crippen molar-refractivity contribution in [2.75, 3.05) is 6.54 Å². The van der Waals surface area contributed by atoms with Gasteiger partial charge in [0.2, 0.25) is 5.91 Å². The van der Waals surface area contributed by atoms with Crippen molar-refractivity contribution < 1.29 is 9.90 Å². The Morgan fingerprint density at radius 3 is 2.40 bits per heavy atom. The zero-order valence-corrected chi connectivity index (χ0v) is 10.2. The maximum absolute atomic E-state index is 11.5. The largest absolute Gasteiger partial charge is 0.393 e. The van der Waals surface area contributed by atoms with Crippen LogP contribution < -0.4 is 11.1 Å². The number of nitrogens with one attached hydrogen (secondary N) is 1. The van der Waals surface area contributed by atoms with Gasteiger partial charge in [-0.05, 0) is 25.2 Å². The number of aliphatic hydroxyl groups is 1. The van der Waals surface area contributed by atoms with Crippen LogP contribution in [-0.2, 0) is 4.79 Å². The van der Waals surface area contributed by atoms with Crippen LogP contribution in [0.4, 0.5) is 0 Å². The average Bonchev–Trinajstić information content (AvgIpc) is 2.09. The Hall–Kier alpha value is -0.610. The van der Waals surface area contributed by atoms with Crippen LogP contribution in [-0.4, -0.2) is 29.7 Å². The molecule has 1 unspecified atom stereocenters. The first-order valence-corrected chi connectivity index (χ1v) is 5.46. The van der Waals surface area contributed by atoms with Crippen LogP contribution in [0.15, 0.2) is 0 Å². The minimum Gasteiger partial charge on any atom is -0.393 e. The minimum atomic E-state index is -0.482. The lowest BCUT2D eigenvalue weighted by atomic mass is 9.87. The topological polar surface area (TPSA) is 75.3 Å². The van der Waals surface area contributed by atoms with Crippen molar-refractivity contribution in [3.63, 3.8) is 0 Å². The highest BCUT2D eigenvalue weighted by Gasteiger charge is 2.26. The number of rotatable bonds is 5. The van der Waals surface area contributed by atoms with Crippen molar-refractivity contribution in [1.29, 1.82) is 0 Å². The predicted octanol–water partition coefficient (Wildman–Crippen LogP) is 0.637. The molecule has 4 N–H and O–H groups in total. The highest BCUT2D eigenvalue weighted by Crippen LogP contribution is 2.17. The smallest absolute Gasteiger partial charge is 0.237 e. The zero-order chi connectivity index (χ0) is 12.1. The minimum absolute atomic E-state index is 0.118. The van der Waals surface area contributed by atoms with Gasteiger partial charge in [0, 0.05) is 6.54 Å². The molecule has 0 fully saturated rings. The van der Waals surface area contributed by atoms with E-state index in [1.807, 2.05) is 20.8 Å². The van der Waals surface area contributed by atoms with Crippen LogP contribution in [0.5, 0.6) is 0 Å². The van der Waals surface area contributed by atoms with E-state index in [9.17, 15) is 4.79 Å².